The number of carbonyl (C=O) groups excluding carboxylic acids is 1. The summed E-state index contributed by atoms with van der Waals surface area (Å²) in [7, 11) is 0. The van der Waals surface area contributed by atoms with Crippen molar-refractivity contribution in [3.05, 3.63) is 35.4 Å². The highest BCUT2D eigenvalue weighted by Gasteiger charge is 2.28. The number of nitrogens with one attached hydrogen (secondary N) is 3. The van der Waals surface area contributed by atoms with Gasteiger partial charge in [0.25, 0.3) is 0 Å². The first kappa shape index (κ1) is 10.6. The zero-order valence-electron chi connectivity index (χ0n) is 9.82. The van der Waals surface area contributed by atoms with Gasteiger partial charge in [0.2, 0.25) is 5.91 Å². The molecule has 0 radical (unpaired) electrons. The minimum atomic E-state index is -0.156. The van der Waals surface area contributed by atoms with Crippen molar-refractivity contribution < 1.29 is 4.79 Å². The lowest BCUT2D eigenvalue weighted by molar-refractivity contribution is -0.118. The number of carbonyl (C=O) groups is 1. The molecular weight excluding hydrogens is 230 g/mol. The summed E-state index contributed by atoms with van der Waals surface area (Å²) < 4.78 is 0. The van der Waals surface area contributed by atoms with Gasteiger partial charge in [-0.05, 0) is 12.1 Å². The lowest BCUT2D eigenvalue weighted by Gasteiger charge is -2.27. The molecule has 1 aliphatic heterocycles. The Labute approximate surface area is 104 Å². The number of nitrogens with two attached hydrogens (primary N) is 1. The monoisotopic (exact) mass is 243 g/mol. The number of hydrogen-bond donors (Lipinski definition) is 4. The molecule has 1 aromatic heterocycles. The SMILES string of the molecule is CC(=O)NC1=C2c3cc[nH]c3C=CC2N=C(N)N1. The van der Waals surface area contributed by atoms with Crippen LogP contribution in [0.25, 0.3) is 11.6 Å². The maximum atomic E-state index is 11.3. The fraction of sp³-hybridized carbons (Fsp3) is 0.167. The fourth-order valence-corrected chi connectivity index (χ4v) is 2.24. The van der Waals surface area contributed by atoms with Crippen LogP contribution in [-0.2, 0) is 4.79 Å². The van der Waals surface area contributed by atoms with Gasteiger partial charge in [-0.25, -0.2) is 4.99 Å². The van der Waals surface area contributed by atoms with Crippen molar-refractivity contribution in [2.45, 2.75) is 13.0 Å². The second kappa shape index (κ2) is 3.76. The lowest BCUT2D eigenvalue weighted by atomic mass is 9.92. The number of amides is 1. The zero-order valence-corrected chi connectivity index (χ0v) is 9.82. The van der Waals surface area contributed by atoms with E-state index in [1.807, 2.05) is 24.4 Å². The normalized spacial score (nSPS) is 20.7. The molecule has 1 atom stereocenters. The Morgan fingerprint density at radius 2 is 2.39 bits per heavy atom. The molecule has 1 amide bonds. The minimum absolute atomic E-state index is 0.148. The average molecular weight is 243 g/mol. The summed E-state index contributed by atoms with van der Waals surface area (Å²) in [6.45, 7) is 1.46. The predicted molar refractivity (Wildman–Crippen MR) is 69.1 cm³/mol. The molecule has 18 heavy (non-hydrogen) atoms. The number of hydrogen-bond acceptors (Lipinski definition) is 4. The molecular formula is C12H13N5O. The van der Waals surface area contributed by atoms with Crippen LogP contribution in [0, 0.1) is 0 Å². The number of H-pyrrole nitrogens is 1. The van der Waals surface area contributed by atoms with Gasteiger partial charge in [-0.2, -0.15) is 0 Å². The highest BCUT2D eigenvalue weighted by Crippen LogP contribution is 2.32. The van der Waals surface area contributed by atoms with Gasteiger partial charge in [0.1, 0.15) is 11.9 Å². The first-order valence-corrected chi connectivity index (χ1v) is 5.63. The van der Waals surface area contributed by atoms with Crippen molar-refractivity contribution in [1.29, 1.82) is 0 Å². The molecule has 0 fully saturated rings. The Balaban J connectivity index is 2.14. The molecule has 6 nitrogen and oxygen atoms in total. The standard InChI is InChI=1S/C12H13N5O/c1-6(18)15-11-10-7-4-5-14-8(7)2-3-9(10)16-12(13)17-11/h2-5,9,14H,1H3,(H,15,18)(H3,13,16,17). The molecule has 0 bridgehead atoms. The Kier molecular flexibility index (Phi) is 2.22. The van der Waals surface area contributed by atoms with E-state index in [9.17, 15) is 4.79 Å². The third kappa shape index (κ3) is 1.58. The van der Waals surface area contributed by atoms with Gasteiger partial charge in [-0.15, -0.1) is 0 Å². The van der Waals surface area contributed by atoms with Gasteiger partial charge in [-0.3, -0.25) is 4.79 Å². The number of aromatic nitrogens is 1. The summed E-state index contributed by atoms with van der Waals surface area (Å²) in [5.41, 5.74) is 8.67. The van der Waals surface area contributed by atoms with Crippen molar-refractivity contribution in [1.82, 2.24) is 15.6 Å². The molecule has 0 spiro atoms. The van der Waals surface area contributed by atoms with Crippen LogP contribution >= 0.6 is 0 Å². The van der Waals surface area contributed by atoms with E-state index in [1.165, 1.54) is 6.92 Å². The largest absolute Gasteiger partial charge is 0.370 e. The highest BCUT2D eigenvalue weighted by molar-refractivity contribution is 5.94. The third-order valence-electron chi connectivity index (χ3n) is 2.91. The van der Waals surface area contributed by atoms with Crippen molar-refractivity contribution in [3.63, 3.8) is 0 Å². The number of aliphatic imine (C=N–C) groups is 1. The molecule has 2 aliphatic rings. The van der Waals surface area contributed by atoms with Crippen molar-refractivity contribution in [2.75, 3.05) is 0 Å². The van der Waals surface area contributed by atoms with Crippen LogP contribution in [0.15, 0.2) is 29.2 Å². The van der Waals surface area contributed by atoms with E-state index >= 15 is 0 Å². The maximum Gasteiger partial charge on any atom is 0.222 e. The van der Waals surface area contributed by atoms with Crippen LogP contribution in [0.1, 0.15) is 18.2 Å². The number of rotatable bonds is 1. The van der Waals surface area contributed by atoms with E-state index in [4.69, 9.17) is 5.73 Å². The Morgan fingerprint density at radius 1 is 1.56 bits per heavy atom. The van der Waals surface area contributed by atoms with Crippen LogP contribution < -0.4 is 16.4 Å². The number of aromatic amines is 1. The molecule has 92 valence electrons. The first-order valence-electron chi connectivity index (χ1n) is 5.63. The number of fused-ring (bicyclic) bond motifs is 3. The van der Waals surface area contributed by atoms with Gasteiger partial charge in [-0.1, -0.05) is 6.08 Å². The van der Waals surface area contributed by atoms with Crippen LogP contribution in [0.3, 0.4) is 0 Å². The number of nitrogens with zero attached hydrogens (tertiary/aromatic N) is 1. The average Bonchev–Trinajstić information content (AvgIpc) is 2.75. The molecule has 1 unspecified atom stereocenters. The molecule has 2 heterocycles. The first-order chi connectivity index (χ1) is 8.65. The van der Waals surface area contributed by atoms with Gasteiger partial charge in [0, 0.05) is 30.0 Å². The quantitative estimate of drug-likeness (QED) is 0.564. The van der Waals surface area contributed by atoms with Crippen LogP contribution in [-0.4, -0.2) is 22.9 Å². The molecule has 6 heteroatoms. The van der Waals surface area contributed by atoms with Gasteiger partial charge in [0.15, 0.2) is 5.96 Å². The van der Waals surface area contributed by atoms with Gasteiger partial charge < -0.3 is 21.4 Å². The van der Waals surface area contributed by atoms with E-state index in [2.05, 4.69) is 20.6 Å². The van der Waals surface area contributed by atoms with E-state index < -0.39 is 0 Å². The maximum absolute atomic E-state index is 11.3. The summed E-state index contributed by atoms with van der Waals surface area (Å²) in [6, 6.07) is 1.80. The molecule has 3 rings (SSSR count). The van der Waals surface area contributed by atoms with Gasteiger partial charge in [0.05, 0.1) is 0 Å². The number of guanidine groups is 1. The van der Waals surface area contributed by atoms with Crippen molar-refractivity contribution >= 4 is 23.5 Å². The summed E-state index contributed by atoms with van der Waals surface area (Å²) in [4.78, 5) is 18.7. The summed E-state index contributed by atoms with van der Waals surface area (Å²) in [6.07, 6.45) is 5.78. The lowest BCUT2D eigenvalue weighted by Crippen LogP contribution is -2.44. The fourth-order valence-electron chi connectivity index (χ4n) is 2.24. The highest BCUT2D eigenvalue weighted by atomic mass is 16.1. The van der Waals surface area contributed by atoms with E-state index in [1.54, 1.807) is 0 Å². The Bertz CT molecular complexity index is 604. The van der Waals surface area contributed by atoms with Crippen molar-refractivity contribution in [3.8, 4) is 0 Å². The van der Waals surface area contributed by atoms with Crippen LogP contribution in [0.4, 0.5) is 0 Å². The Morgan fingerprint density at radius 3 is 3.17 bits per heavy atom. The summed E-state index contributed by atoms with van der Waals surface area (Å²) in [5.74, 6) is 0.756. The van der Waals surface area contributed by atoms with E-state index in [-0.39, 0.29) is 11.9 Å². The second-order valence-electron chi connectivity index (χ2n) is 4.22. The van der Waals surface area contributed by atoms with Crippen molar-refractivity contribution in [2.24, 2.45) is 10.7 Å². The van der Waals surface area contributed by atoms with E-state index in [0.29, 0.717) is 11.8 Å². The second-order valence-corrected chi connectivity index (χ2v) is 4.22. The van der Waals surface area contributed by atoms with Crippen LogP contribution in [0.2, 0.25) is 0 Å². The predicted octanol–water partition coefficient (Wildman–Crippen LogP) is 0.133. The molecule has 0 aromatic carbocycles. The smallest absolute Gasteiger partial charge is 0.222 e. The third-order valence-corrected chi connectivity index (χ3v) is 2.91. The van der Waals surface area contributed by atoms with E-state index in [0.717, 1.165) is 16.8 Å². The minimum Gasteiger partial charge on any atom is -0.370 e. The Hall–Kier alpha value is -2.50. The summed E-state index contributed by atoms with van der Waals surface area (Å²) >= 11 is 0. The molecule has 1 aliphatic carbocycles. The molecule has 1 aromatic rings. The molecule has 0 saturated carbocycles. The van der Waals surface area contributed by atoms with Crippen LogP contribution in [0.5, 0.6) is 0 Å². The topological polar surface area (TPSA) is 95.3 Å². The molecule has 5 N–H and O–H groups in total. The van der Waals surface area contributed by atoms with Gasteiger partial charge >= 0.3 is 0 Å². The zero-order chi connectivity index (χ0) is 12.7. The molecule has 0 saturated heterocycles. The summed E-state index contributed by atoms with van der Waals surface area (Å²) in [5, 5.41) is 5.67.